The maximum Gasteiger partial charge on any atom is 0.293 e. The van der Waals surface area contributed by atoms with E-state index >= 15 is 0 Å². The number of carbonyl (C=O) groups excluding carboxylic acids is 1. The summed E-state index contributed by atoms with van der Waals surface area (Å²) >= 11 is 5.97. The molecule has 1 aromatic heterocycles. The number of aliphatic hydroxyl groups excluding tert-OH is 1. The summed E-state index contributed by atoms with van der Waals surface area (Å²) in [5.74, 6) is 0.607. The molecule has 162 valence electrons. The van der Waals surface area contributed by atoms with Crippen molar-refractivity contribution in [2.24, 2.45) is 0 Å². The number of aliphatic hydroxyl groups is 1. The van der Waals surface area contributed by atoms with Gasteiger partial charge in [-0.25, -0.2) is 0 Å². The Balaban J connectivity index is 1.53. The molecule has 2 heterocycles. The van der Waals surface area contributed by atoms with Gasteiger partial charge < -0.3 is 24.2 Å². The van der Waals surface area contributed by atoms with Crippen LogP contribution >= 0.6 is 11.6 Å². The second-order valence-electron chi connectivity index (χ2n) is 7.41. The lowest BCUT2D eigenvalue weighted by Crippen LogP contribution is -2.49. The van der Waals surface area contributed by atoms with Crippen molar-refractivity contribution in [3.8, 4) is 17.0 Å². The molecule has 7 nitrogen and oxygen atoms in total. The molecule has 2 aromatic carbocycles. The lowest BCUT2D eigenvalue weighted by atomic mass is 10.0. The smallest absolute Gasteiger partial charge is 0.293 e. The first-order valence-corrected chi connectivity index (χ1v) is 10.5. The van der Waals surface area contributed by atoms with E-state index in [0.29, 0.717) is 42.5 Å². The van der Waals surface area contributed by atoms with Crippen molar-refractivity contribution in [3.05, 3.63) is 64.9 Å². The van der Waals surface area contributed by atoms with Crippen LogP contribution in [0.3, 0.4) is 0 Å². The molecule has 1 fully saturated rings. The summed E-state index contributed by atoms with van der Waals surface area (Å²) in [5.41, 5.74) is 2.57. The maximum atomic E-state index is 13.2. The number of hydrogen-bond acceptors (Lipinski definition) is 6. The number of piperazine rings is 1. The third kappa shape index (κ3) is 4.24. The highest BCUT2D eigenvalue weighted by Crippen LogP contribution is 2.33. The van der Waals surface area contributed by atoms with E-state index in [2.05, 4.69) is 10.1 Å². The number of anilines is 1. The average molecular weight is 442 g/mol. The summed E-state index contributed by atoms with van der Waals surface area (Å²) in [7, 11) is 1.65. The van der Waals surface area contributed by atoms with E-state index in [9.17, 15) is 9.90 Å². The van der Waals surface area contributed by atoms with Crippen LogP contribution in [-0.2, 0) is 0 Å². The Morgan fingerprint density at radius 3 is 2.45 bits per heavy atom. The Hall–Kier alpha value is -3.03. The third-order valence-electron chi connectivity index (χ3n) is 5.45. The van der Waals surface area contributed by atoms with Gasteiger partial charge in [-0.15, -0.1) is 0 Å². The van der Waals surface area contributed by atoms with E-state index in [4.69, 9.17) is 20.9 Å². The number of ether oxygens (including phenoxy) is 1. The molecule has 0 bridgehead atoms. The Bertz CT molecular complexity index is 1060. The Kier molecular flexibility index (Phi) is 6.15. The van der Waals surface area contributed by atoms with Gasteiger partial charge in [0.05, 0.1) is 24.5 Å². The van der Waals surface area contributed by atoms with Crippen LogP contribution in [-0.4, -0.2) is 54.4 Å². The van der Waals surface area contributed by atoms with Gasteiger partial charge in [0.2, 0.25) is 5.76 Å². The number of methoxy groups -OCH3 is 1. The lowest BCUT2D eigenvalue weighted by molar-refractivity contribution is 0.0696. The molecular formula is C23H24ClN3O4. The topological polar surface area (TPSA) is 79.0 Å². The molecule has 1 saturated heterocycles. The van der Waals surface area contributed by atoms with Crippen LogP contribution in [0.5, 0.6) is 5.75 Å². The molecule has 0 spiro atoms. The highest BCUT2D eigenvalue weighted by Gasteiger charge is 2.31. The standard InChI is InChI=1S/C23H24ClN3O4/c1-15(28)20-21(16-7-9-17(24)10-8-16)25-31-22(20)23(29)27-13-11-26(12-14-27)18-5-3-4-6-19(18)30-2/h3-10,15,28H,11-14H2,1-2H3. The van der Waals surface area contributed by atoms with Crippen molar-refractivity contribution < 1.29 is 19.2 Å². The van der Waals surface area contributed by atoms with Crippen molar-refractivity contribution in [1.29, 1.82) is 0 Å². The zero-order valence-corrected chi connectivity index (χ0v) is 18.2. The number of rotatable bonds is 5. The van der Waals surface area contributed by atoms with Gasteiger partial charge in [-0.1, -0.05) is 41.0 Å². The molecule has 1 aliphatic heterocycles. The van der Waals surface area contributed by atoms with Gasteiger partial charge in [0.25, 0.3) is 5.91 Å². The fourth-order valence-corrected chi connectivity index (χ4v) is 3.97. The zero-order chi connectivity index (χ0) is 22.0. The van der Waals surface area contributed by atoms with Crippen molar-refractivity contribution in [3.63, 3.8) is 0 Å². The summed E-state index contributed by atoms with van der Waals surface area (Å²) in [4.78, 5) is 17.1. The van der Waals surface area contributed by atoms with Crippen molar-refractivity contribution in [2.75, 3.05) is 38.2 Å². The number of carbonyl (C=O) groups is 1. The Morgan fingerprint density at radius 2 is 1.81 bits per heavy atom. The first-order chi connectivity index (χ1) is 15.0. The van der Waals surface area contributed by atoms with Crippen LogP contribution in [0.1, 0.15) is 29.1 Å². The maximum absolute atomic E-state index is 13.2. The van der Waals surface area contributed by atoms with Gasteiger partial charge in [-0.2, -0.15) is 0 Å². The number of hydrogen-bond donors (Lipinski definition) is 1. The molecule has 1 amide bonds. The average Bonchev–Trinajstić information content (AvgIpc) is 3.24. The zero-order valence-electron chi connectivity index (χ0n) is 17.4. The molecule has 1 N–H and O–H groups in total. The number of nitrogens with zero attached hydrogens (tertiary/aromatic N) is 3. The van der Waals surface area contributed by atoms with Gasteiger partial charge in [-0.05, 0) is 31.2 Å². The fourth-order valence-electron chi connectivity index (χ4n) is 3.84. The molecule has 1 unspecified atom stereocenters. The van der Waals surface area contributed by atoms with Crippen LogP contribution in [0.2, 0.25) is 5.02 Å². The third-order valence-corrected chi connectivity index (χ3v) is 5.70. The highest BCUT2D eigenvalue weighted by molar-refractivity contribution is 6.30. The molecule has 1 aliphatic rings. The van der Waals surface area contributed by atoms with Gasteiger partial charge in [0.15, 0.2) is 0 Å². The molecule has 8 heteroatoms. The van der Waals surface area contributed by atoms with Crippen molar-refractivity contribution in [1.82, 2.24) is 10.1 Å². The minimum Gasteiger partial charge on any atom is -0.495 e. The largest absolute Gasteiger partial charge is 0.495 e. The van der Waals surface area contributed by atoms with Crippen LogP contribution in [0.4, 0.5) is 5.69 Å². The minimum atomic E-state index is -0.911. The summed E-state index contributed by atoms with van der Waals surface area (Å²) in [5, 5.41) is 15.0. The predicted octanol–water partition coefficient (Wildman–Crippen LogP) is 4.02. The van der Waals surface area contributed by atoms with E-state index in [0.717, 1.165) is 17.0 Å². The van der Waals surface area contributed by atoms with Gasteiger partial charge >= 0.3 is 0 Å². The highest BCUT2D eigenvalue weighted by atomic mass is 35.5. The van der Waals surface area contributed by atoms with E-state index in [1.165, 1.54) is 0 Å². The van der Waals surface area contributed by atoms with E-state index in [1.807, 2.05) is 24.3 Å². The van der Waals surface area contributed by atoms with Crippen LogP contribution in [0.15, 0.2) is 53.1 Å². The first-order valence-electron chi connectivity index (χ1n) is 10.1. The van der Waals surface area contributed by atoms with E-state index < -0.39 is 6.10 Å². The summed E-state index contributed by atoms with van der Waals surface area (Å²) in [6.45, 7) is 3.96. The number of benzene rings is 2. The van der Waals surface area contributed by atoms with Gasteiger partial charge in [0, 0.05) is 36.8 Å². The summed E-state index contributed by atoms with van der Waals surface area (Å²) < 4.78 is 10.9. The van der Waals surface area contributed by atoms with Crippen LogP contribution in [0, 0.1) is 0 Å². The van der Waals surface area contributed by atoms with Gasteiger partial charge in [-0.3, -0.25) is 4.79 Å². The monoisotopic (exact) mass is 441 g/mol. The lowest BCUT2D eigenvalue weighted by Gasteiger charge is -2.36. The molecule has 0 radical (unpaired) electrons. The summed E-state index contributed by atoms with van der Waals surface area (Å²) in [6, 6.07) is 14.9. The van der Waals surface area contributed by atoms with Crippen molar-refractivity contribution >= 4 is 23.2 Å². The van der Waals surface area contributed by atoms with E-state index in [-0.39, 0.29) is 11.7 Å². The first kappa shape index (κ1) is 21.2. The number of halogens is 1. The van der Waals surface area contributed by atoms with Gasteiger partial charge in [0.1, 0.15) is 11.4 Å². The molecule has 31 heavy (non-hydrogen) atoms. The normalized spacial score (nSPS) is 15.1. The molecule has 0 aliphatic carbocycles. The molecular weight excluding hydrogens is 418 g/mol. The number of amides is 1. The summed E-state index contributed by atoms with van der Waals surface area (Å²) in [6.07, 6.45) is -0.911. The molecule has 0 saturated carbocycles. The predicted molar refractivity (Wildman–Crippen MR) is 119 cm³/mol. The van der Waals surface area contributed by atoms with Crippen molar-refractivity contribution in [2.45, 2.75) is 13.0 Å². The quantitative estimate of drug-likeness (QED) is 0.644. The molecule has 4 rings (SSSR count). The molecule has 1 atom stereocenters. The number of aromatic nitrogens is 1. The Morgan fingerprint density at radius 1 is 1.13 bits per heavy atom. The number of para-hydroxylation sites is 2. The second-order valence-corrected chi connectivity index (χ2v) is 7.84. The minimum absolute atomic E-state index is 0.0747. The fraction of sp³-hybridized carbons (Fsp3) is 0.304. The van der Waals surface area contributed by atoms with E-state index in [1.54, 1.807) is 43.2 Å². The SMILES string of the molecule is COc1ccccc1N1CCN(C(=O)c2onc(-c3ccc(Cl)cc3)c2C(C)O)CC1. The van der Waals surface area contributed by atoms with Crippen LogP contribution in [0.25, 0.3) is 11.3 Å². The molecule has 3 aromatic rings. The van der Waals surface area contributed by atoms with Crippen LogP contribution < -0.4 is 9.64 Å². The Labute approximate surface area is 185 Å². The second kappa shape index (κ2) is 8.99.